The molecule has 0 aromatic carbocycles. The summed E-state index contributed by atoms with van der Waals surface area (Å²) in [7, 11) is 0. The minimum atomic E-state index is -0.997. The molecular weight excluding hydrogens is 308 g/mol. The fourth-order valence-corrected chi connectivity index (χ4v) is 3.25. The van der Waals surface area contributed by atoms with E-state index >= 15 is 0 Å². The molecule has 4 N–H and O–H groups in total. The van der Waals surface area contributed by atoms with E-state index in [0.29, 0.717) is 6.54 Å². The SMILES string of the molecule is CCCCCCN1C(=O)NC(=O)[C@@H](C=N[C@H]2CCCC[C@@H]2[NH3+])C1=O. The Morgan fingerprint density at radius 2 is 1.96 bits per heavy atom. The molecule has 1 saturated carbocycles. The first-order valence-electron chi connectivity index (χ1n) is 9.07. The molecule has 0 aromatic rings. The van der Waals surface area contributed by atoms with Crippen LogP contribution >= 0.6 is 0 Å². The molecule has 1 aliphatic heterocycles. The summed E-state index contributed by atoms with van der Waals surface area (Å²) >= 11 is 0. The van der Waals surface area contributed by atoms with E-state index in [2.05, 4.69) is 23.0 Å². The van der Waals surface area contributed by atoms with E-state index in [1.807, 2.05) is 0 Å². The first-order chi connectivity index (χ1) is 11.5. The number of quaternary nitrogens is 1. The predicted octanol–water partition coefficient (Wildman–Crippen LogP) is 0.885. The molecule has 1 aliphatic carbocycles. The van der Waals surface area contributed by atoms with Crippen molar-refractivity contribution in [1.29, 1.82) is 0 Å². The highest BCUT2D eigenvalue weighted by Crippen LogP contribution is 2.19. The fourth-order valence-electron chi connectivity index (χ4n) is 3.25. The first kappa shape index (κ1) is 18.6. The van der Waals surface area contributed by atoms with Gasteiger partial charge in [-0.05, 0) is 19.3 Å². The standard InChI is InChI=1S/C17H28N4O3/c1-2-3-4-7-10-21-16(23)12(15(22)20-17(21)24)11-19-14-9-6-5-8-13(14)18/h11-14H,2-10,18H2,1H3,(H,20,22,24)/p+1/t12-,13+,14+/m1/s1. The highest BCUT2D eigenvalue weighted by Gasteiger charge is 2.39. The maximum absolute atomic E-state index is 12.5. The van der Waals surface area contributed by atoms with Gasteiger partial charge in [0.15, 0.2) is 5.92 Å². The van der Waals surface area contributed by atoms with E-state index in [1.54, 1.807) is 0 Å². The molecule has 24 heavy (non-hydrogen) atoms. The van der Waals surface area contributed by atoms with Gasteiger partial charge in [0.05, 0.1) is 0 Å². The van der Waals surface area contributed by atoms with Crippen LogP contribution < -0.4 is 11.1 Å². The molecule has 3 atom stereocenters. The maximum Gasteiger partial charge on any atom is 0.330 e. The number of carbonyl (C=O) groups is 3. The van der Waals surface area contributed by atoms with E-state index in [4.69, 9.17) is 0 Å². The van der Waals surface area contributed by atoms with Gasteiger partial charge in [-0.1, -0.05) is 32.6 Å². The van der Waals surface area contributed by atoms with Crippen molar-refractivity contribution < 1.29 is 20.1 Å². The zero-order valence-corrected chi connectivity index (χ0v) is 14.5. The van der Waals surface area contributed by atoms with Crippen LogP contribution in [0.1, 0.15) is 58.3 Å². The minimum absolute atomic E-state index is 0.0648. The van der Waals surface area contributed by atoms with Crippen molar-refractivity contribution in [2.24, 2.45) is 10.9 Å². The van der Waals surface area contributed by atoms with Crippen LogP contribution in [0.25, 0.3) is 0 Å². The second kappa shape index (κ2) is 8.92. The highest BCUT2D eigenvalue weighted by atomic mass is 16.2. The number of imide groups is 2. The summed E-state index contributed by atoms with van der Waals surface area (Å²) in [5.74, 6) is -2.03. The van der Waals surface area contributed by atoms with Crippen molar-refractivity contribution in [2.45, 2.75) is 70.4 Å². The van der Waals surface area contributed by atoms with Gasteiger partial charge < -0.3 is 5.73 Å². The number of barbiturate groups is 1. The summed E-state index contributed by atoms with van der Waals surface area (Å²) in [5, 5.41) is 2.27. The fraction of sp³-hybridized carbons (Fsp3) is 0.765. The number of nitrogens with one attached hydrogen (secondary N) is 1. The summed E-state index contributed by atoms with van der Waals surface area (Å²) in [4.78, 5) is 42.0. The van der Waals surface area contributed by atoms with E-state index < -0.39 is 23.8 Å². The molecule has 0 spiro atoms. The number of urea groups is 1. The van der Waals surface area contributed by atoms with Gasteiger partial charge in [-0.3, -0.25) is 24.8 Å². The molecule has 0 aromatic heterocycles. The zero-order chi connectivity index (χ0) is 17.5. The summed E-state index contributed by atoms with van der Waals surface area (Å²) in [6.07, 6.45) is 9.52. The van der Waals surface area contributed by atoms with Crippen molar-refractivity contribution >= 4 is 24.1 Å². The quantitative estimate of drug-likeness (QED) is 0.409. The van der Waals surface area contributed by atoms with Gasteiger partial charge in [0.25, 0.3) is 0 Å². The molecule has 0 radical (unpaired) electrons. The lowest BCUT2D eigenvalue weighted by Gasteiger charge is -2.29. The summed E-state index contributed by atoms with van der Waals surface area (Å²) in [6.45, 7) is 2.45. The number of unbranched alkanes of at least 4 members (excludes halogenated alkanes) is 3. The summed E-state index contributed by atoms with van der Waals surface area (Å²) < 4.78 is 0. The molecule has 134 valence electrons. The number of hydrogen-bond donors (Lipinski definition) is 2. The van der Waals surface area contributed by atoms with Gasteiger partial charge in [0, 0.05) is 19.2 Å². The van der Waals surface area contributed by atoms with Crippen LogP contribution in [0.2, 0.25) is 0 Å². The largest absolute Gasteiger partial charge is 0.353 e. The van der Waals surface area contributed by atoms with E-state index in [9.17, 15) is 14.4 Å². The molecule has 7 nitrogen and oxygen atoms in total. The molecule has 0 unspecified atom stereocenters. The Bertz CT molecular complexity index is 506. The smallest absolute Gasteiger partial charge is 0.330 e. The zero-order valence-electron chi connectivity index (χ0n) is 14.5. The Balaban J connectivity index is 1.98. The van der Waals surface area contributed by atoms with Gasteiger partial charge in [-0.2, -0.15) is 0 Å². The Labute approximate surface area is 143 Å². The van der Waals surface area contributed by atoms with E-state index in [1.165, 1.54) is 6.21 Å². The number of aliphatic imine (C=N–C) groups is 1. The van der Waals surface area contributed by atoms with E-state index in [-0.39, 0.29) is 12.1 Å². The third-order valence-electron chi connectivity index (χ3n) is 4.82. The Kier molecular flexibility index (Phi) is 6.90. The van der Waals surface area contributed by atoms with Crippen LogP contribution in [0.5, 0.6) is 0 Å². The van der Waals surface area contributed by atoms with Crippen molar-refractivity contribution in [3.8, 4) is 0 Å². The lowest BCUT2D eigenvalue weighted by molar-refractivity contribution is -0.428. The first-order valence-corrected chi connectivity index (χ1v) is 9.07. The van der Waals surface area contributed by atoms with Crippen LogP contribution in [-0.2, 0) is 9.59 Å². The molecule has 2 aliphatic rings. The van der Waals surface area contributed by atoms with Crippen molar-refractivity contribution in [3.63, 3.8) is 0 Å². The summed E-state index contributed by atoms with van der Waals surface area (Å²) in [6, 6.07) is -0.322. The Hall–Kier alpha value is -1.76. The molecule has 7 heteroatoms. The third-order valence-corrected chi connectivity index (χ3v) is 4.82. The second-order valence-corrected chi connectivity index (χ2v) is 6.73. The topological polar surface area (TPSA) is 106 Å². The monoisotopic (exact) mass is 337 g/mol. The lowest BCUT2D eigenvalue weighted by Crippen LogP contribution is -2.66. The highest BCUT2D eigenvalue weighted by molar-refractivity contribution is 6.23. The predicted molar refractivity (Wildman–Crippen MR) is 90.3 cm³/mol. The molecule has 2 rings (SSSR count). The van der Waals surface area contributed by atoms with Crippen molar-refractivity contribution in [1.82, 2.24) is 10.2 Å². The number of hydrogen-bond acceptors (Lipinski definition) is 4. The number of carbonyl (C=O) groups excluding carboxylic acids is 3. The molecular formula is C17H29N4O3+. The van der Waals surface area contributed by atoms with Crippen LogP contribution in [-0.4, -0.2) is 47.6 Å². The third kappa shape index (κ3) is 4.63. The Morgan fingerprint density at radius 1 is 1.21 bits per heavy atom. The van der Waals surface area contributed by atoms with Crippen LogP contribution in [0.3, 0.4) is 0 Å². The van der Waals surface area contributed by atoms with Gasteiger partial charge in [0.1, 0.15) is 12.1 Å². The maximum atomic E-state index is 12.5. The van der Waals surface area contributed by atoms with Crippen molar-refractivity contribution in [3.05, 3.63) is 0 Å². The number of nitrogens with zero attached hydrogens (tertiary/aromatic N) is 2. The summed E-state index contributed by atoms with van der Waals surface area (Å²) in [5.41, 5.74) is 4.10. The van der Waals surface area contributed by atoms with Crippen LogP contribution in [0.4, 0.5) is 4.79 Å². The number of amides is 4. The Morgan fingerprint density at radius 3 is 2.67 bits per heavy atom. The molecule has 4 amide bonds. The number of rotatable bonds is 7. The van der Waals surface area contributed by atoms with E-state index in [0.717, 1.165) is 56.3 Å². The van der Waals surface area contributed by atoms with Gasteiger partial charge in [-0.25, -0.2) is 4.79 Å². The average molecular weight is 337 g/mol. The van der Waals surface area contributed by atoms with Gasteiger partial charge >= 0.3 is 6.03 Å². The molecule has 1 saturated heterocycles. The molecule has 0 bridgehead atoms. The average Bonchev–Trinajstić information content (AvgIpc) is 2.55. The van der Waals surface area contributed by atoms with Crippen LogP contribution in [0.15, 0.2) is 4.99 Å². The molecule has 2 fully saturated rings. The van der Waals surface area contributed by atoms with Gasteiger partial charge in [0.2, 0.25) is 11.8 Å². The minimum Gasteiger partial charge on any atom is -0.353 e. The van der Waals surface area contributed by atoms with Crippen LogP contribution in [0, 0.1) is 5.92 Å². The normalized spacial score (nSPS) is 28.5. The van der Waals surface area contributed by atoms with Gasteiger partial charge in [-0.15, -0.1) is 0 Å². The second-order valence-electron chi connectivity index (χ2n) is 6.73. The molecule has 1 heterocycles. The van der Waals surface area contributed by atoms with Crippen molar-refractivity contribution in [2.75, 3.05) is 6.54 Å². The lowest BCUT2D eigenvalue weighted by atomic mass is 9.91.